The molecule has 0 spiro atoms. The molecule has 0 aromatic carbocycles. The first-order chi connectivity index (χ1) is 12.1. The predicted octanol–water partition coefficient (Wildman–Crippen LogP) is 2.52. The zero-order valence-electron chi connectivity index (χ0n) is 12.5. The maximum Gasteiger partial charge on any atom is 0.417 e. The molecule has 3 aromatic heterocycles. The Balaban J connectivity index is 1.89. The van der Waals surface area contributed by atoms with Gasteiger partial charge in [0.2, 0.25) is 0 Å². The molecule has 26 heavy (non-hydrogen) atoms. The van der Waals surface area contributed by atoms with Crippen molar-refractivity contribution in [3.05, 3.63) is 59.1 Å². The second-order valence-corrected chi connectivity index (χ2v) is 7.05. The maximum absolute atomic E-state index is 12.5. The van der Waals surface area contributed by atoms with Gasteiger partial charge in [0.05, 0.1) is 16.8 Å². The molecule has 0 aliphatic carbocycles. The van der Waals surface area contributed by atoms with Crippen molar-refractivity contribution in [2.45, 2.75) is 11.2 Å². The highest BCUT2D eigenvalue weighted by Crippen LogP contribution is 2.28. The zero-order chi connectivity index (χ0) is 19.1. The van der Waals surface area contributed by atoms with Crippen LogP contribution in [0.3, 0.4) is 0 Å². The lowest BCUT2D eigenvalue weighted by molar-refractivity contribution is -0.137. The minimum atomic E-state index is -4.66. The van der Waals surface area contributed by atoms with E-state index in [9.17, 15) is 26.4 Å². The van der Waals surface area contributed by atoms with E-state index in [1.54, 1.807) is 4.72 Å². The Labute approximate surface area is 149 Å². The van der Waals surface area contributed by atoms with E-state index in [1.807, 2.05) is 0 Å². The summed E-state index contributed by atoms with van der Waals surface area (Å²) in [5.41, 5.74) is -0.999. The molecule has 0 atom stereocenters. The molecule has 0 saturated heterocycles. The fraction of sp³-hybridized carbons (Fsp3) is 0.0714. The first-order valence-electron chi connectivity index (χ1n) is 6.81. The molecule has 3 heterocycles. The van der Waals surface area contributed by atoms with Crippen molar-refractivity contribution < 1.29 is 26.4 Å². The van der Waals surface area contributed by atoms with E-state index in [1.165, 1.54) is 22.7 Å². The van der Waals surface area contributed by atoms with Gasteiger partial charge >= 0.3 is 6.18 Å². The number of nitrogens with zero attached hydrogens (tertiary/aromatic N) is 3. The third-order valence-corrected chi connectivity index (χ3v) is 4.83. The minimum absolute atomic E-state index is 0.127. The van der Waals surface area contributed by atoms with Crippen LogP contribution in [0.5, 0.6) is 0 Å². The Kier molecular flexibility index (Phi) is 4.36. The zero-order valence-corrected chi connectivity index (χ0v) is 14.1. The van der Waals surface area contributed by atoms with Gasteiger partial charge in [0.1, 0.15) is 5.69 Å². The number of fused-ring (bicyclic) bond motifs is 1. The topological polar surface area (TPSA) is 93.4 Å². The van der Waals surface area contributed by atoms with Crippen molar-refractivity contribution in [2.24, 2.45) is 0 Å². The van der Waals surface area contributed by atoms with Gasteiger partial charge in [-0.1, -0.05) is 11.6 Å². The largest absolute Gasteiger partial charge is 0.417 e. The fourth-order valence-corrected chi connectivity index (χ4v) is 3.18. The summed E-state index contributed by atoms with van der Waals surface area (Å²) in [5, 5.41) is -0.482. The average Bonchev–Trinajstić information content (AvgIpc) is 2.99. The van der Waals surface area contributed by atoms with E-state index < -0.39 is 32.7 Å². The van der Waals surface area contributed by atoms with E-state index in [4.69, 9.17) is 11.6 Å². The first kappa shape index (κ1) is 18.1. The monoisotopic (exact) mass is 404 g/mol. The molecular weight excluding hydrogens is 397 g/mol. The van der Waals surface area contributed by atoms with Crippen molar-refractivity contribution in [1.82, 2.24) is 19.1 Å². The van der Waals surface area contributed by atoms with E-state index in [0.717, 1.165) is 6.20 Å². The van der Waals surface area contributed by atoms with Crippen LogP contribution in [0.2, 0.25) is 5.02 Å². The molecule has 0 fully saturated rings. The molecule has 1 N–H and O–H groups in total. The van der Waals surface area contributed by atoms with Crippen LogP contribution in [0.1, 0.15) is 16.1 Å². The first-order valence-corrected chi connectivity index (χ1v) is 8.68. The standard InChI is InChI=1S/C14H8ClF3N4O3S/c15-9-2-1-5-22-10(7-20-12(9)22)13(23)21-26(24,25)11-4-3-8(6-19-11)14(16,17)18/h1-7H,(H,21,23). The number of carbonyl (C=O) groups excluding carboxylic acids is 1. The van der Waals surface area contributed by atoms with Crippen molar-refractivity contribution in [2.75, 3.05) is 0 Å². The molecule has 0 bridgehead atoms. The molecule has 0 unspecified atom stereocenters. The number of hydrogen-bond donors (Lipinski definition) is 1. The molecule has 0 aliphatic heterocycles. The second-order valence-electron chi connectivity index (χ2n) is 5.01. The van der Waals surface area contributed by atoms with Crippen LogP contribution in [0.4, 0.5) is 13.2 Å². The lowest BCUT2D eigenvalue weighted by Gasteiger charge is -2.08. The van der Waals surface area contributed by atoms with E-state index in [2.05, 4.69) is 9.97 Å². The van der Waals surface area contributed by atoms with Crippen LogP contribution in [0.25, 0.3) is 5.65 Å². The lowest BCUT2D eigenvalue weighted by atomic mass is 10.3. The SMILES string of the molecule is O=C(NS(=O)(=O)c1ccc(C(F)(F)F)cn1)c1cnc2c(Cl)cccn12. The van der Waals surface area contributed by atoms with Crippen LogP contribution in [-0.4, -0.2) is 28.7 Å². The minimum Gasteiger partial charge on any atom is -0.294 e. The molecule has 0 saturated carbocycles. The van der Waals surface area contributed by atoms with Crippen LogP contribution in [-0.2, 0) is 16.2 Å². The van der Waals surface area contributed by atoms with Gasteiger partial charge in [0.25, 0.3) is 15.9 Å². The smallest absolute Gasteiger partial charge is 0.294 e. The normalized spacial score (nSPS) is 12.3. The van der Waals surface area contributed by atoms with Crippen LogP contribution < -0.4 is 4.72 Å². The number of nitrogens with one attached hydrogen (secondary N) is 1. The highest BCUT2D eigenvalue weighted by atomic mass is 35.5. The summed E-state index contributed by atoms with van der Waals surface area (Å²) >= 11 is 5.92. The molecule has 136 valence electrons. The van der Waals surface area contributed by atoms with Gasteiger partial charge in [-0.25, -0.2) is 14.7 Å². The van der Waals surface area contributed by atoms with E-state index in [-0.39, 0.29) is 16.4 Å². The molecule has 3 rings (SSSR count). The summed E-state index contributed by atoms with van der Waals surface area (Å²) in [4.78, 5) is 19.4. The van der Waals surface area contributed by atoms with Gasteiger partial charge in [0.15, 0.2) is 10.7 Å². The Morgan fingerprint density at radius 1 is 1.15 bits per heavy atom. The molecule has 3 aromatic rings. The molecule has 0 radical (unpaired) electrons. The van der Waals surface area contributed by atoms with Crippen LogP contribution in [0, 0.1) is 0 Å². The second kappa shape index (κ2) is 6.25. The summed E-state index contributed by atoms with van der Waals surface area (Å²) < 4.78 is 64.9. The van der Waals surface area contributed by atoms with E-state index >= 15 is 0 Å². The maximum atomic E-state index is 12.5. The van der Waals surface area contributed by atoms with Gasteiger partial charge in [-0.15, -0.1) is 0 Å². The lowest BCUT2D eigenvalue weighted by Crippen LogP contribution is -2.32. The van der Waals surface area contributed by atoms with Gasteiger partial charge < -0.3 is 0 Å². The molecular formula is C14H8ClF3N4O3S. The number of aromatic nitrogens is 3. The summed E-state index contributed by atoms with van der Waals surface area (Å²) in [7, 11) is -4.48. The van der Waals surface area contributed by atoms with Crippen molar-refractivity contribution in [3.8, 4) is 0 Å². The average molecular weight is 405 g/mol. The number of sulfonamides is 1. The van der Waals surface area contributed by atoms with Crippen molar-refractivity contribution in [1.29, 1.82) is 0 Å². The number of hydrogen-bond acceptors (Lipinski definition) is 5. The van der Waals surface area contributed by atoms with Crippen LogP contribution >= 0.6 is 11.6 Å². The number of amides is 1. The Morgan fingerprint density at radius 2 is 1.88 bits per heavy atom. The summed E-state index contributed by atoms with van der Waals surface area (Å²) in [6, 6.07) is 4.28. The molecule has 7 nitrogen and oxygen atoms in total. The summed E-state index contributed by atoms with van der Waals surface area (Å²) in [6.45, 7) is 0. The van der Waals surface area contributed by atoms with Crippen LogP contribution in [0.15, 0.2) is 47.9 Å². The summed E-state index contributed by atoms with van der Waals surface area (Å²) in [5.74, 6) is -1.04. The fourth-order valence-electron chi connectivity index (χ4n) is 2.08. The number of carbonyl (C=O) groups is 1. The van der Waals surface area contributed by atoms with Gasteiger partial charge in [-0.05, 0) is 24.3 Å². The van der Waals surface area contributed by atoms with Gasteiger partial charge in [0, 0.05) is 12.4 Å². The highest BCUT2D eigenvalue weighted by Gasteiger charge is 2.31. The van der Waals surface area contributed by atoms with Gasteiger partial charge in [-0.3, -0.25) is 9.20 Å². The number of pyridine rings is 2. The third-order valence-electron chi connectivity index (χ3n) is 3.29. The number of halogens is 4. The molecule has 12 heteroatoms. The molecule has 0 aliphatic rings. The Morgan fingerprint density at radius 3 is 2.50 bits per heavy atom. The van der Waals surface area contributed by atoms with E-state index in [0.29, 0.717) is 18.3 Å². The highest BCUT2D eigenvalue weighted by molar-refractivity contribution is 7.90. The van der Waals surface area contributed by atoms with Gasteiger partial charge in [-0.2, -0.15) is 21.6 Å². The van der Waals surface area contributed by atoms with Crippen molar-refractivity contribution in [3.63, 3.8) is 0 Å². The number of alkyl halides is 3. The number of imidazole rings is 1. The Hall–Kier alpha value is -2.66. The summed E-state index contributed by atoms with van der Waals surface area (Å²) in [6.07, 6.45) is -1.72. The number of rotatable bonds is 3. The predicted molar refractivity (Wildman–Crippen MR) is 84.1 cm³/mol. The quantitative estimate of drug-likeness (QED) is 0.724. The Bertz CT molecular complexity index is 1090. The van der Waals surface area contributed by atoms with Crippen molar-refractivity contribution >= 4 is 33.2 Å². The third kappa shape index (κ3) is 3.35. The molecule has 1 amide bonds.